The minimum absolute atomic E-state index is 0.141. The Bertz CT molecular complexity index is 735. The predicted molar refractivity (Wildman–Crippen MR) is 73.7 cm³/mol. The molecule has 3 rings (SSSR count). The summed E-state index contributed by atoms with van der Waals surface area (Å²) in [5, 5.41) is 14.0. The lowest BCUT2D eigenvalue weighted by Gasteiger charge is -2.30. The lowest BCUT2D eigenvalue weighted by atomic mass is 9.71. The second-order valence-corrected chi connectivity index (χ2v) is 5.13. The van der Waals surface area contributed by atoms with Crippen LogP contribution in [0.3, 0.4) is 0 Å². The summed E-state index contributed by atoms with van der Waals surface area (Å²) in [5.41, 5.74) is -0.479. The van der Waals surface area contributed by atoms with Gasteiger partial charge in [0.15, 0.2) is 0 Å². The zero-order valence-corrected chi connectivity index (χ0v) is 11.2. The van der Waals surface area contributed by atoms with Crippen molar-refractivity contribution < 1.29 is 14.5 Å². The number of hydrogen-bond acceptors (Lipinski definition) is 4. The van der Waals surface area contributed by atoms with Crippen molar-refractivity contribution >= 4 is 11.8 Å². The molecule has 1 saturated heterocycles. The number of nitro groups is 1. The summed E-state index contributed by atoms with van der Waals surface area (Å²) in [6.07, 6.45) is 4.33. The summed E-state index contributed by atoms with van der Waals surface area (Å²) in [5.74, 6) is -2.32. The molecule has 1 N–H and O–H groups in total. The van der Waals surface area contributed by atoms with E-state index in [9.17, 15) is 19.7 Å². The van der Waals surface area contributed by atoms with Gasteiger partial charge in [0.25, 0.3) is 11.4 Å². The molecule has 2 amide bonds. The van der Waals surface area contributed by atoms with Crippen molar-refractivity contribution in [3.63, 3.8) is 0 Å². The normalized spacial score (nSPS) is 27.1. The molecular formula is C15H12N2O4. The number of hydrogen-bond donors (Lipinski definition) is 1. The molecule has 0 saturated carbocycles. The van der Waals surface area contributed by atoms with E-state index in [0.29, 0.717) is 11.1 Å². The van der Waals surface area contributed by atoms with E-state index in [2.05, 4.69) is 5.32 Å². The summed E-state index contributed by atoms with van der Waals surface area (Å²) >= 11 is 0. The van der Waals surface area contributed by atoms with Crippen LogP contribution in [-0.4, -0.2) is 16.7 Å². The average Bonchev–Trinajstić information content (AvgIpc) is 2.75. The Labute approximate surface area is 120 Å². The second-order valence-electron chi connectivity index (χ2n) is 5.13. The van der Waals surface area contributed by atoms with Gasteiger partial charge in [0, 0.05) is 16.1 Å². The second kappa shape index (κ2) is 4.37. The highest BCUT2D eigenvalue weighted by molar-refractivity contribution is 6.16. The Morgan fingerprint density at radius 3 is 2.67 bits per heavy atom. The fraction of sp³-hybridized carbons (Fsp3) is 0.200. The van der Waals surface area contributed by atoms with E-state index in [1.807, 2.05) is 0 Å². The van der Waals surface area contributed by atoms with Gasteiger partial charge in [0.1, 0.15) is 5.92 Å². The van der Waals surface area contributed by atoms with E-state index in [1.165, 1.54) is 18.2 Å². The van der Waals surface area contributed by atoms with Gasteiger partial charge in [-0.15, -0.1) is 0 Å². The van der Waals surface area contributed by atoms with Crippen LogP contribution in [0, 0.1) is 23.0 Å². The Kier molecular flexibility index (Phi) is 2.76. The number of allylic oxidation sites excluding steroid dienone is 2. The van der Waals surface area contributed by atoms with Gasteiger partial charge >= 0.3 is 0 Å². The monoisotopic (exact) mass is 284 g/mol. The summed E-state index contributed by atoms with van der Waals surface area (Å²) in [6, 6.07) is 6.84. The van der Waals surface area contributed by atoms with Gasteiger partial charge in [-0.1, -0.05) is 36.4 Å². The molecule has 1 aliphatic heterocycles. The Hall–Kier alpha value is -2.76. The average molecular weight is 284 g/mol. The minimum Gasteiger partial charge on any atom is -0.292 e. The Morgan fingerprint density at radius 1 is 1.29 bits per heavy atom. The zero-order chi connectivity index (χ0) is 15.2. The van der Waals surface area contributed by atoms with Crippen LogP contribution in [0.1, 0.15) is 11.1 Å². The summed E-state index contributed by atoms with van der Waals surface area (Å²) in [4.78, 5) is 35.3. The number of amides is 2. The molecule has 106 valence electrons. The van der Waals surface area contributed by atoms with Gasteiger partial charge in [-0.25, -0.2) is 0 Å². The molecule has 2 aliphatic rings. The van der Waals surface area contributed by atoms with Crippen molar-refractivity contribution in [2.45, 2.75) is 12.5 Å². The molecule has 0 aromatic heterocycles. The number of aryl methyl sites for hydroxylation is 1. The zero-order valence-electron chi connectivity index (χ0n) is 11.2. The van der Waals surface area contributed by atoms with Crippen LogP contribution in [0.4, 0.5) is 0 Å². The van der Waals surface area contributed by atoms with Crippen LogP contribution in [-0.2, 0) is 15.1 Å². The number of imide groups is 1. The van der Waals surface area contributed by atoms with Crippen molar-refractivity contribution in [3.8, 4) is 0 Å². The van der Waals surface area contributed by atoms with E-state index in [-0.39, 0.29) is 5.57 Å². The van der Waals surface area contributed by atoms with Crippen molar-refractivity contribution in [1.29, 1.82) is 0 Å². The molecule has 6 heteroatoms. The maximum Gasteiger partial charge on any atom is 0.281 e. The highest BCUT2D eigenvalue weighted by atomic mass is 16.6. The predicted octanol–water partition coefficient (Wildman–Crippen LogP) is 1.24. The van der Waals surface area contributed by atoms with Crippen LogP contribution in [0.15, 0.2) is 48.1 Å². The maximum absolute atomic E-state index is 12.1. The van der Waals surface area contributed by atoms with E-state index >= 15 is 0 Å². The first-order valence-electron chi connectivity index (χ1n) is 6.43. The third-order valence-corrected chi connectivity index (χ3v) is 4.02. The van der Waals surface area contributed by atoms with Crippen LogP contribution in [0.2, 0.25) is 0 Å². The molecular weight excluding hydrogens is 272 g/mol. The molecule has 0 bridgehead atoms. The minimum atomic E-state index is -1.74. The highest BCUT2D eigenvalue weighted by Gasteiger charge is 2.60. The van der Waals surface area contributed by atoms with Gasteiger partial charge < -0.3 is 0 Å². The maximum atomic E-state index is 12.1. The van der Waals surface area contributed by atoms with Gasteiger partial charge in [-0.2, -0.15) is 0 Å². The topological polar surface area (TPSA) is 89.3 Å². The van der Waals surface area contributed by atoms with Gasteiger partial charge in [-0.05, 0) is 18.6 Å². The van der Waals surface area contributed by atoms with Gasteiger partial charge in [0.05, 0.1) is 0 Å². The van der Waals surface area contributed by atoms with Crippen LogP contribution < -0.4 is 5.32 Å². The summed E-state index contributed by atoms with van der Waals surface area (Å²) in [7, 11) is 0. The SMILES string of the molecule is Cc1ccccc1C1([N+](=O)[O-])C=CC=C2C(=O)NC(=O)C21. The fourth-order valence-corrected chi connectivity index (χ4v) is 3.06. The highest BCUT2D eigenvalue weighted by Crippen LogP contribution is 2.44. The molecule has 6 nitrogen and oxygen atoms in total. The van der Waals surface area contributed by atoms with Crippen LogP contribution in [0.5, 0.6) is 0 Å². The molecule has 2 unspecified atom stereocenters. The molecule has 0 spiro atoms. The summed E-state index contributed by atoms with van der Waals surface area (Å²) < 4.78 is 0. The van der Waals surface area contributed by atoms with Crippen LogP contribution >= 0.6 is 0 Å². The molecule has 0 radical (unpaired) electrons. The Morgan fingerprint density at radius 2 is 2.00 bits per heavy atom. The quantitative estimate of drug-likeness (QED) is 0.502. The first-order valence-corrected chi connectivity index (χ1v) is 6.43. The van der Waals surface area contributed by atoms with Crippen molar-refractivity contribution in [2.75, 3.05) is 0 Å². The van der Waals surface area contributed by atoms with Crippen molar-refractivity contribution in [2.24, 2.45) is 5.92 Å². The smallest absolute Gasteiger partial charge is 0.281 e. The van der Waals surface area contributed by atoms with E-state index in [1.54, 1.807) is 31.2 Å². The number of fused-ring (bicyclic) bond motifs is 1. The fourth-order valence-electron chi connectivity index (χ4n) is 3.06. The molecule has 1 aromatic carbocycles. The molecule has 1 fully saturated rings. The van der Waals surface area contributed by atoms with E-state index < -0.39 is 28.2 Å². The van der Waals surface area contributed by atoms with Gasteiger partial charge in [0.2, 0.25) is 5.91 Å². The van der Waals surface area contributed by atoms with Crippen molar-refractivity contribution in [1.82, 2.24) is 5.32 Å². The first-order chi connectivity index (χ1) is 9.98. The molecule has 2 atom stereocenters. The first kappa shape index (κ1) is 13.2. The number of nitrogens with zero attached hydrogens (tertiary/aromatic N) is 1. The number of carbonyl (C=O) groups is 2. The standard InChI is InChI=1S/C15H12N2O4/c1-9-5-2-3-7-11(9)15(17(20)21)8-4-6-10-12(15)14(19)16-13(10)18/h2-8,12H,1H3,(H,16,18,19). The van der Waals surface area contributed by atoms with Crippen molar-refractivity contribution in [3.05, 3.63) is 69.3 Å². The molecule has 1 aromatic rings. The summed E-state index contributed by atoms with van der Waals surface area (Å²) in [6.45, 7) is 1.75. The lowest BCUT2D eigenvalue weighted by molar-refractivity contribution is -0.569. The largest absolute Gasteiger partial charge is 0.292 e. The molecule has 1 heterocycles. The molecule has 1 aliphatic carbocycles. The third kappa shape index (κ3) is 1.65. The lowest BCUT2D eigenvalue weighted by Crippen LogP contribution is -2.46. The number of rotatable bonds is 2. The third-order valence-electron chi connectivity index (χ3n) is 4.02. The van der Waals surface area contributed by atoms with Gasteiger partial charge in [-0.3, -0.25) is 25.0 Å². The van der Waals surface area contributed by atoms with E-state index in [4.69, 9.17) is 0 Å². The molecule has 21 heavy (non-hydrogen) atoms. The van der Waals surface area contributed by atoms with E-state index in [0.717, 1.165) is 0 Å². The number of benzene rings is 1. The number of carbonyl (C=O) groups excluding carboxylic acids is 2. The van der Waals surface area contributed by atoms with Crippen LogP contribution in [0.25, 0.3) is 0 Å². The Balaban J connectivity index is 2.29. The number of nitrogens with one attached hydrogen (secondary N) is 1.